The highest BCUT2D eigenvalue weighted by Gasteiger charge is 2.24. The van der Waals surface area contributed by atoms with Crippen molar-refractivity contribution in [3.05, 3.63) is 46.3 Å². The van der Waals surface area contributed by atoms with E-state index in [-0.39, 0.29) is 11.5 Å². The first-order valence-corrected chi connectivity index (χ1v) is 13.3. The number of para-hydroxylation sites is 1. The van der Waals surface area contributed by atoms with Crippen molar-refractivity contribution in [2.45, 2.75) is 88.9 Å². The van der Waals surface area contributed by atoms with Crippen molar-refractivity contribution in [2.75, 3.05) is 12.3 Å². The van der Waals surface area contributed by atoms with Crippen LogP contribution in [0.2, 0.25) is 0 Å². The smallest absolute Gasteiger partial charge is 0.262 e. The molecule has 2 aliphatic rings. The van der Waals surface area contributed by atoms with Gasteiger partial charge in [0.2, 0.25) is 5.91 Å². The lowest BCUT2D eigenvalue weighted by Crippen LogP contribution is -2.42. The topological polar surface area (TPSA) is 55.2 Å². The fraction of sp³-hybridized carbons (Fsp3) is 0.577. The molecule has 1 aromatic carbocycles. The van der Waals surface area contributed by atoms with E-state index in [2.05, 4.69) is 13.0 Å². The number of amides is 1. The number of hydrogen-bond acceptors (Lipinski definition) is 4. The van der Waals surface area contributed by atoms with Crippen LogP contribution in [-0.4, -0.2) is 38.7 Å². The lowest BCUT2D eigenvalue weighted by molar-refractivity contribution is -0.131. The Bertz CT molecular complexity index is 1020. The number of aromatic nitrogens is 2. The first kappa shape index (κ1) is 23.1. The van der Waals surface area contributed by atoms with Crippen LogP contribution in [0.25, 0.3) is 10.9 Å². The van der Waals surface area contributed by atoms with Gasteiger partial charge < -0.3 is 4.90 Å². The number of rotatable bonds is 8. The van der Waals surface area contributed by atoms with Crippen LogP contribution in [0.1, 0.15) is 71.1 Å². The molecule has 1 amide bonds. The maximum absolute atomic E-state index is 13.3. The summed E-state index contributed by atoms with van der Waals surface area (Å²) in [6, 6.07) is 7.90. The van der Waals surface area contributed by atoms with E-state index in [0.29, 0.717) is 34.4 Å². The molecule has 0 radical (unpaired) electrons. The van der Waals surface area contributed by atoms with Crippen LogP contribution in [0, 0.1) is 0 Å². The van der Waals surface area contributed by atoms with Gasteiger partial charge in [-0.1, -0.05) is 54.8 Å². The second kappa shape index (κ2) is 11.2. The summed E-state index contributed by atoms with van der Waals surface area (Å²) in [4.78, 5) is 33.2. The molecule has 1 aromatic heterocycles. The third-order valence-corrected chi connectivity index (χ3v) is 7.83. The van der Waals surface area contributed by atoms with E-state index in [1.165, 1.54) is 49.4 Å². The van der Waals surface area contributed by atoms with Crippen LogP contribution in [0.5, 0.6) is 0 Å². The number of carbonyl (C=O) groups excluding carboxylic acids is 1. The van der Waals surface area contributed by atoms with Gasteiger partial charge in [0, 0.05) is 19.1 Å². The van der Waals surface area contributed by atoms with E-state index in [0.717, 1.165) is 38.6 Å². The molecule has 6 heteroatoms. The molecule has 172 valence electrons. The standard InChI is InChI=1S/C26H35N3O2S/c1-2-28(21-13-7-4-8-14-21)24(30)19-32-26-27-23-16-10-9-15-22(23)25(31)29(26)18-17-20-11-5-3-6-12-20/h9-11,15-16,21H,2-8,12-14,17-19H2,1H3. The first-order chi connectivity index (χ1) is 15.7. The zero-order valence-electron chi connectivity index (χ0n) is 19.2. The lowest BCUT2D eigenvalue weighted by Gasteiger charge is -2.33. The monoisotopic (exact) mass is 453 g/mol. The summed E-state index contributed by atoms with van der Waals surface area (Å²) in [5.41, 5.74) is 2.15. The van der Waals surface area contributed by atoms with E-state index < -0.39 is 0 Å². The highest BCUT2D eigenvalue weighted by Crippen LogP contribution is 2.26. The van der Waals surface area contributed by atoms with E-state index in [4.69, 9.17) is 4.98 Å². The van der Waals surface area contributed by atoms with Crippen LogP contribution in [0.4, 0.5) is 0 Å². The van der Waals surface area contributed by atoms with Crippen molar-refractivity contribution >= 4 is 28.6 Å². The second-order valence-electron chi connectivity index (χ2n) is 8.99. The zero-order chi connectivity index (χ0) is 22.3. The molecule has 0 N–H and O–H groups in total. The van der Waals surface area contributed by atoms with Gasteiger partial charge in [-0.25, -0.2) is 4.98 Å². The summed E-state index contributed by atoms with van der Waals surface area (Å²) >= 11 is 1.42. The molecule has 0 atom stereocenters. The van der Waals surface area contributed by atoms with Gasteiger partial charge in [-0.2, -0.15) is 0 Å². The fourth-order valence-corrected chi connectivity index (χ4v) is 5.99. The average Bonchev–Trinajstić information content (AvgIpc) is 2.84. The van der Waals surface area contributed by atoms with Crippen LogP contribution < -0.4 is 5.56 Å². The van der Waals surface area contributed by atoms with Crippen LogP contribution >= 0.6 is 11.8 Å². The highest BCUT2D eigenvalue weighted by atomic mass is 32.2. The number of benzene rings is 1. The Morgan fingerprint density at radius 3 is 2.72 bits per heavy atom. The van der Waals surface area contributed by atoms with Gasteiger partial charge in [-0.05, 0) is 64.0 Å². The predicted octanol–water partition coefficient (Wildman–Crippen LogP) is 5.56. The van der Waals surface area contributed by atoms with Crippen molar-refractivity contribution in [1.82, 2.24) is 14.5 Å². The second-order valence-corrected chi connectivity index (χ2v) is 9.93. The van der Waals surface area contributed by atoms with Crippen molar-refractivity contribution < 1.29 is 4.79 Å². The number of allylic oxidation sites excluding steroid dienone is 2. The molecule has 1 fully saturated rings. The summed E-state index contributed by atoms with van der Waals surface area (Å²) in [5.74, 6) is 0.492. The third-order valence-electron chi connectivity index (χ3n) is 6.87. The van der Waals surface area contributed by atoms with Crippen molar-refractivity contribution in [1.29, 1.82) is 0 Å². The minimum absolute atomic E-state index is 0.00147. The third kappa shape index (κ3) is 5.45. The van der Waals surface area contributed by atoms with Crippen molar-refractivity contribution in [2.24, 2.45) is 0 Å². The van der Waals surface area contributed by atoms with Gasteiger partial charge in [0.1, 0.15) is 0 Å². The van der Waals surface area contributed by atoms with Crippen molar-refractivity contribution in [3.63, 3.8) is 0 Å². The Morgan fingerprint density at radius 1 is 1.16 bits per heavy atom. The number of nitrogens with zero attached hydrogens (tertiary/aromatic N) is 3. The maximum atomic E-state index is 13.3. The zero-order valence-corrected chi connectivity index (χ0v) is 20.0. The molecule has 32 heavy (non-hydrogen) atoms. The molecule has 5 nitrogen and oxygen atoms in total. The highest BCUT2D eigenvalue weighted by molar-refractivity contribution is 7.99. The van der Waals surface area contributed by atoms with Crippen LogP contribution in [-0.2, 0) is 11.3 Å². The first-order valence-electron chi connectivity index (χ1n) is 12.3. The normalized spacial score (nSPS) is 17.3. The molecular formula is C26H35N3O2S. The fourth-order valence-electron chi connectivity index (χ4n) is 5.08. The van der Waals surface area contributed by atoms with E-state index in [9.17, 15) is 9.59 Å². The Labute approximate surface area is 195 Å². The van der Waals surface area contributed by atoms with Gasteiger partial charge >= 0.3 is 0 Å². The predicted molar refractivity (Wildman–Crippen MR) is 132 cm³/mol. The minimum Gasteiger partial charge on any atom is -0.339 e. The number of fused-ring (bicyclic) bond motifs is 1. The molecule has 4 rings (SSSR count). The molecule has 2 aliphatic carbocycles. The molecule has 0 unspecified atom stereocenters. The quantitative estimate of drug-likeness (QED) is 0.298. The Hall–Kier alpha value is -2.08. The molecule has 1 saturated carbocycles. The van der Waals surface area contributed by atoms with Gasteiger partial charge in [0.05, 0.1) is 16.7 Å². The summed E-state index contributed by atoms with van der Waals surface area (Å²) < 4.78 is 1.80. The Balaban J connectivity index is 1.53. The Kier molecular flexibility index (Phi) is 8.06. The molecule has 2 aromatic rings. The van der Waals surface area contributed by atoms with Gasteiger partial charge in [0.15, 0.2) is 5.16 Å². The van der Waals surface area contributed by atoms with Crippen molar-refractivity contribution in [3.8, 4) is 0 Å². The molecule has 0 bridgehead atoms. The largest absolute Gasteiger partial charge is 0.339 e. The van der Waals surface area contributed by atoms with Crippen LogP contribution in [0.3, 0.4) is 0 Å². The summed E-state index contributed by atoms with van der Waals surface area (Å²) in [6.07, 6.45) is 13.9. The van der Waals surface area contributed by atoms with E-state index in [1.807, 2.05) is 29.2 Å². The Morgan fingerprint density at radius 2 is 1.97 bits per heavy atom. The van der Waals surface area contributed by atoms with Gasteiger partial charge in [-0.15, -0.1) is 0 Å². The summed E-state index contributed by atoms with van der Waals surface area (Å²) in [5, 5.41) is 1.32. The average molecular weight is 454 g/mol. The maximum Gasteiger partial charge on any atom is 0.262 e. The van der Waals surface area contributed by atoms with Gasteiger partial charge in [-0.3, -0.25) is 14.2 Å². The minimum atomic E-state index is 0.00147. The molecule has 1 heterocycles. The number of hydrogen-bond donors (Lipinski definition) is 0. The molecule has 0 spiro atoms. The lowest BCUT2D eigenvalue weighted by atomic mass is 9.94. The van der Waals surface area contributed by atoms with Gasteiger partial charge in [0.25, 0.3) is 5.56 Å². The molecule has 0 saturated heterocycles. The van der Waals surface area contributed by atoms with E-state index in [1.54, 1.807) is 4.57 Å². The SMILES string of the molecule is CCN(C(=O)CSc1nc2ccccc2c(=O)n1CCC1=CCCCC1)C1CCCCC1. The summed E-state index contributed by atoms with van der Waals surface area (Å²) in [7, 11) is 0. The summed E-state index contributed by atoms with van der Waals surface area (Å²) in [6.45, 7) is 3.44. The number of thioether (sulfide) groups is 1. The van der Waals surface area contributed by atoms with E-state index >= 15 is 0 Å². The molecular weight excluding hydrogens is 418 g/mol. The molecule has 0 aliphatic heterocycles. The van der Waals surface area contributed by atoms with Crippen LogP contribution in [0.15, 0.2) is 45.9 Å². The number of carbonyl (C=O) groups is 1.